The average Bonchev–Trinajstić information content (AvgIpc) is 3.24. The van der Waals surface area contributed by atoms with Crippen LogP contribution in [0.25, 0.3) is 0 Å². The topological polar surface area (TPSA) is 67.4 Å². The monoisotopic (exact) mass is 292 g/mol. The summed E-state index contributed by atoms with van der Waals surface area (Å²) in [6, 6.07) is 3.81. The summed E-state index contributed by atoms with van der Waals surface area (Å²) < 4.78 is 18.4. The first kappa shape index (κ1) is 13.9. The maximum atomic E-state index is 13.5. The second-order valence-corrected chi connectivity index (χ2v) is 5.53. The van der Waals surface area contributed by atoms with E-state index in [9.17, 15) is 14.0 Å². The molecule has 0 unspecified atom stereocenters. The molecule has 1 aliphatic carbocycles. The van der Waals surface area contributed by atoms with Crippen LogP contribution < -0.4 is 15.4 Å². The van der Waals surface area contributed by atoms with Gasteiger partial charge in [0.2, 0.25) is 11.8 Å². The molecule has 1 aliphatic heterocycles. The largest absolute Gasteiger partial charge is 0.494 e. The lowest BCUT2D eigenvalue weighted by Crippen LogP contribution is -2.39. The predicted octanol–water partition coefficient (Wildman–Crippen LogP) is 1.29. The zero-order valence-corrected chi connectivity index (χ0v) is 11.7. The Morgan fingerprint density at radius 1 is 1.43 bits per heavy atom. The van der Waals surface area contributed by atoms with Gasteiger partial charge in [-0.2, -0.15) is 0 Å². The highest BCUT2D eigenvalue weighted by atomic mass is 19.1. The number of hydrogen-bond acceptors (Lipinski definition) is 3. The van der Waals surface area contributed by atoms with E-state index in [2.05, 4.69) is 10.6 Å². The molecular formula is C15H17FN2O3. The van der Waals surface area contributed by atoms with Crippen LogP contribution in [-0.2, 0) is 9.59 Å². The molecule has 1 saturated heterocycles. The fourth-order valence-electron chi connectivity index (χ4n) is 2.62. The Hall–Kier alpha value is -2.11. The molecule has 0 radical (unpaired) electrons. The fourth-order valence-corrected chi connectivity index (χ4v) is 2.62. The van der Waals surface area contributed by atoms with Crippen molar-refractivity contribution >= 4 is 11.8 Å². The number of halogens is 1. The molecule has 112 valence electrons. The first-order valence-electron chi connectivity index (χ1n) is 7.01. The van der Waals surface area contributed by atoms with Gasteiger partial charge in [0, 0.05) is 12.3 Å². The van der Waals surface area contributed by atoms with Gasteiger partial charge in [-0.05, 0) is 30.5 Å². The number of carbonyl (C=O) groups excluding carboxylic acids is 2. The molecule has 2 fully saturated rings. The highest BCUT2D eigenvalue weighted by Gasteiger charge is 2.38. The SMILES string of the molecule is COc1cc([C@H]2NC(=O)C[C@@H]2NC(=O)C2CC2)ccc1F. The van der Waals surface area contributed by atoms with Crippen molar-refractivity contribution in [3.8, 4) is 5.75 Å². The van der Waals surface area contributed by atoms with E-state index in [1.54, 1.807) is 12.1 Å². The van der Waals surface area contributed by atoms with Crippen molar-refractivity contribution < 1.29 is 18.7 Å². The molecule has 6 heteroatoms. The number of methoxy groups -OCH3 is 1. The van der Waals surface area contributed by atoms with Crippen molar-refractivity contribution in [2.45, 2.75) is 31.3 Å². The van der Waals surface area contributed by atoms with Gasteiger partial charge in [-0.3, -0.25) is 9.59 Å². The van der Waals surface area contributed by atoms with E-state index in [0.29, 0.717) is 0 Å². The van der Waals surface area contributed by atoms with E-state index in [0.717, 1.165) is 18.4 Å². The summed E-state index contributed by atoms with van der Waals surface area (Å²) in [6.07, 6.45) is 2.06. The van der Waals surface area contributed by atoms with E-state index < -0.39 is 5.82 Å². The molecule has 2 N–H and O–H groups in total. The number of nitrogens with one attached hydrogen (secondary N) is 2. The number of carbonyl (C=O) groups is 2. The Bertz CT molecular complexity index is 586. The van der Waals surface area contributed by atoms with Crippen LogP contribution in [0, 0.1) is 11.7 Å². The van der Waals surface area contributed by atoms with Crippen molar-refractivity contribution in [1.29, 1.82) is 0 Å². The minimum atomic E-state index is -0.455. The maximum Gasteiger partial charge on any atom is 0.223 e. The predicted molar refractivity (Wildman–Crippen MR) is 73.1 cm³/mol. The van der Waals surface area contributed by atoms with Crippen molar-refractivity contribution in [2.75, 3.05) is 7.11 Å². The molecule has 1 saturated carbocycles. The molecule has 3 rings (SSSR count). The van der Waals surface area contributed by atoms with Gasteiger partial charge in [0.25, 0.3) is 0 Å². The van der Waals surface area contributed by atoms with Crippen LogP contribution in [0.3, 0.4) is 0 Å². The zero-order chi connectivity index (χ0) is 15.0. The summed E-state index contributed by atoms with van der Waals surface area (Å²) in [4.78, 5) is 23.5. The molecule has 0 bridgehead atoms. The number of hydrogen-bond donors (Lipinski definition) is 2. The third-order valence-corrected chi connectivity index (χ3v) is 3.93. The summed E-state index contributed by atoms with van der Waals surface area (Å²) in [6.45, 7) is 0. The summed E-state index contributed by atoms with van der Waals surface area (Å²) >= 11 is 0. The van der Waals surface area contributed by atoms with Crippen LogP contribution in [0.15, 0.2) is 18.2 Å². The fraction of sp³-hybridized carbons (Fsp3) is 0.467. The highest BCUT2D eigenvalue weighted by Crippen LogP contribution is 2.32. The molecule has 2 aliphatic rings. The van der Waals surface area contributed by atoms with Crippen LogP contribution in [0.4, 0.5) is 4.39 Å². The van der Waals surface area contributed by atoms with Crippen molar-refractivity contribution in [1.82, 2.24) is 10.6 Å². The number of ether oxygens (including phenoxy) is 1. The van der Waals surface area contributed by atoms with Crippen LogP contribution in [0.5, 0.6) is 5.75 Å². The second-order valence-electron chi connectivity index (χ2n) is 5.53. The third-order valence-electron chi connectivity index (χ3n) is 3.93. The van der Waals surface area contributed by atoms with Crippen LogP contribution in [-0.4, -0.2) is 25.0 Å². The first-order chi connectivity index (χ1) is 10.1. The molecular weight excluding hydrogens is 275 g/mol. The van der Waals surface area contributed by atoms with Gasteiger partial charge < -0.3 is 15.4 Å². The third kappa shape index (κ3) is 2.84. The molecule has 1 heterocycles. The molecule has 0 aromatic heterocycles. The van der Waals surface area contributed by atoms with Crippen molar-refractivity contribution in [3.05, 3.63) is 29.6 Å². The Labute approximate surface area is 121 Å². The van der Waals surface area contributed by atoms with Gasteiger partial charge in [0.1, 0.15) is 0 Å². The van der Waals surface area contributed by atoms with Crippen LogP contribution in [0.2, 0.25) is 0 Å². The minimum absolute atomic E-state index is 0.00410. The molecule has 0 spiro atoms. The van der Waals surface area contributed by atoms with Crippen LogP contribution >= 0.6 is 0 Å². The van der Waals surface area contributed by atoms with Gasteiger partial charge in [-0.15, -0.1) is 0 Å². The quantitative estimate of drug-likeness (QED) is 0.878. The van der Waals surface area contributed by atoms with E-state index >= 15 is 0 Å². The number of amides is 2. The van der Waals surface area contributed by atoms with Gasteiger partial charge in [0.05, 0.1) is 19.2 Å². The Morgan fingerprint density at radius 2 is 2.19 bits per heavy atom. The first-order valence-corrected chi connectivity index (χ1v) is 7.01. The van der Waals surface area contributed by atoms with Crippen molar-refractivity contribution in [2.24, 2.45) is 5.92 Å². The summed E-state index contributed by atoms with van der Waals surface area (Å²) in [5.74, 6) is -0.367. The summed E-state index contributed by atoms with van der Waals surface area (Å²) in [7, 11) is 1.39. The second kappa shape index (κ2) is 5.35. The lowest BCUT2D eigenvalue weighted by Gasteiger charge is -2.21. The Balaban J connectivity index is 1.80. The molecule has 2 amide bonds. The van der Waals surface area contributed by atoms with E-state index in [-0.39, 0.29) is 42.0 Å². The highest BCUT2D eigenvalue weighted by molar-refractivity contribution is 5.85. The molecule has 1 aromatic rings. The molecule has 5 nitrogen and oxygen atoms in total. The molecule has 2 atom stereocenters. The van der Waals surface area contributed by atoms with E-state index in [4.69, 9.17) is 4.74 Å². The lowest BCUT2D eigenvalue weighted by molar-refractivity contribution is -0.123. The maximum absolute atomic E-state index is 13.5. The normalized spacial score (nSPS) is 24.6. The number of rotatable bonds is 4. The van der Waals surface area contributed by atoms with Gasteiger partial charge in [-0.25, -0.2) is 4.39 Å². The summed E-state index contributed by atoms with van der Waals surface area (Å²) in [5, 5.41) is 5.74. The Morgan fingerprint density at radius 3 is 2.86 bits per heavy atom. The molecule has 1 aromatic carbocycles. The van der Waals surface area contributed by atoms with Gasteiger partial charge in [0.15, 0.2) is 11.6 Å². The van der Waals surface area contributed by atoms with Crippen LogP contribution in [0.1, 0.15) is 30.9 Å². The standard InChI is InChI=1S/C15H17FN2O3/c1-21-12-6-9(4-5-10(12)16)14-11(7-13(19)18-14)17-15(20)8-2-3-8/h4-6,8,11,14H,2-3,7H2,1H3,(H,17,20)(H,18,19)/t11-,14+/m0/s1. The zero-order valence-electron chi connectivity index (χ0n) is 11.7. The van der Waals surface area contributed by atoms with Gasteiger partial charge >= 0.3 is 0 Å². The smallest absolute Gasteiger partial charge is 0.223 e. The summed E-state index contributed by atoms with van der Waals surface area (Å²) in [5.41, 5.74) is 0.722. The van der Waals surface area contributed by atoms with Gasteiger partial charge in [-0.1, -0.05) is 6.07 Å². The Kier molecular flexibility index (Phi) is 3.53. The average molecular weight is 292 g/mol. The van der Waals surface area contributed by atoms with E-state index in [1.807, 2.05) is 0 Å². The minimum Gasteiger partial charge on any atom is -0.494 e. The van der Waals surface area contributed by atoms with E-state index in [1.165, 1.54) is 13.2 Å². The molecule has 21 heavy (non-hydrogen) atoms. The lowest BCUT2D eigenvalue weighted by atomic mass is 10.00. The number of benzene rings is 1. The van der Waals surface area contributed by atoms with Crippen molar-refractivity contribution in [3.63, 3.8) is 0 Å².